The Hall–Kier alpha value is -4.49. The van der Waals surface area contributed by atoms with Crippen LogP contribution in [0.25, 0.3) is 64.9 Å². The molecule has 0 atom stereocenters. The fraction of sp³-hybridized carbons (Fsp3) is 0.296. The van der Waals surface area contributed by atoms with E-state index in [2.05, 4.69) is 80.1 Å². The molecule has 3 aromatic carbocycles. The van der Waals surface area contributed by atoms with Gasteiger partial charge in [-0.05, 0) is 50.2 Å². The van der Waals surface area contributed by atoms with Crippen molar-refractivity contribution in [3.05, 3.63) is 98.7 Å². The zero-order valence-corrected chi connectivity index (χ0v) is 21.6. The first kappa shape index (κ1) is 28.7. The zero-order chi connectivity index (χ0) is 27.4. The first-order valence-corrected chi connectivity index (χ1v) is 12.1. The third-order valence-electron chi connectivity index (χ3n) is 6.83. The third kappa shape index (κ3) is 7.02. The molecule has 1 heterocycles. The lowest BCUT2D eigenvalue weighted by Gasteiger charge is -2.31. The van der Waals surface area contributed by atoms with Gasteiger partial charge in [-0.3, -0.25) is 9.82 Å². The van der Waals surface area contributed by atoms with Crippen LogP contribution in [-0.2, 0) is 6.54 Å². The number of quaternary nitrogens is 1. The Balaban J connectivity index is 0.000000733. The highest BCUT2D eigenvalue weighted by Crippen LogP contribution is 2.33. The van der Waals surface area contributed by atoms with Crippen LogP contribution in [0.4, 0.5) is 11.4 Å². The van der Waals surface area contributed by atoms with E-state index in [-0.39, 0.29) is 0 Å². The van der Waals surface area contributed by atoms with Gasteiger partial charge in [-0.15, -0.1) is 0 Å². The number of hydrogen-bond acceptors (Lipinski definition) is 2. The number of fused-ring (bicyclic) bond motifs is 3. The number of nitrogens with zero attached hydrogens (tertiary/aromatic N) is 8. The van der Waals surface area contributed by atoms with E-state index in [1.165, 1.54) is 42.8 Å². The van der Waals surface area contributed by atoms with Crippen molar-refractivity contribution in [1.29, 1.82) is 0 Å². The number of pyridine rings is 1. The average Bonchev–Trinajstić information content (AvgIpc) is 2.90. The van der Waals surface area contributed by atoms with Gasteiger partial charge < -0.3 is 38.1 Å². The Kier molecular flexibility index (Phi) is 10.5. The lowest BCUT2D eigenvalue weighted by atomic mass is 9.98. The molecular formula is C27H34N10. The molecular weight excluding hydrogens is 464 g/mol. The number of hydrogen-bond donors (Lipinski definition) is 2. The van der Waals surface area contributed by atoms with Crippen LogP contribution >= 0.6 is 0 Å². The number of nitrogens with two attached hydrogens (primary N) is 2. The molecule has 4 rings (SSSR count). The molecule has 0 saturated carbocycles. The van der Waals surface area contributed by atoms with Crippen LogP contribution in [0.15, 0.2) is 66.7 Å². The number of aryl methyl sites for hydroxylation is 1. The van der Waals surface area contributed by atoms with Crippen LogP contribution in [0.1, 0.15) is 20.3 Å². The normalized spacial score (nSPS) is 10.5. The second kappa shape index (κ2) is 13.6. The molecule has 4 aromatic rings. The summed E-state index contributed by atoms with van der Waals surface area (Å²) in [5, 5.41) is 3.61. The van der Waals surface area contributed by atoms with Crippen molar-refractivity contribution in [2.75, 3.05) is 38.1 Å². The van der Waals surface area contributed by atoms with E-state index in [0.717, 1.165) is 48.5 Å². The zero-order valence-electron chi connectivity index (χ0n) is 21.6. The van der Waals surface area contributed by atoms with Gasteiger partial charge in [0.25, 0.3) is 0 Å². The molecule has 10 heteroatoms. The maximum absolute atomic E-state index is 6.75. The van der Waals surface area contributed by atoms with Crippen molar-refractivity contribution in [2.45, 2.75) is 26.8 Å². The van der Waals surface area contributed by atoms with E-state index in [0.29, 0.717) is 0 Å². The largest absolute Gasteiger partial charge is 0.399 e. The summed E-state index contributed by atoms with van der Waals surface area (Å²) in [6.07, 6.45) is 1.10. The van der Waals surface area contributed by atoms with Crippen LogP contribution in [0.3, 0.4) is 0 Å². The van der Waals surface area contributed by atoms with Crippen molar-refractivity contribution in [3.8, 4) is 11.3 Å². The molecule has 0 aliphatic heterocycles. The Morgan fingerprint density at radius 2 is 1.30 bits per heavy atom. The van der Waals surface area contributed by atoms with E-state index in [4.69, 9.17) is 33.6 Å². The molecule has 0 aliphatic rings. The maximum Gasteiger partial charge on any atom is 0.220 e. The quantitative estimate of drug-likeness (QED) is 0.0547. The van der Waals surface area contributed by atoms with Gasteiger partial charge in [-0.25, -0.2) is 0 Å². The molecule has 0 amide bonds. The minimum Gasteiger partial charge on any atom is -0.399 e. The van der Waals surface area contributed by atoms with Crippen LogP contribution < -0.4 is 16.0 Å². The molecule has 0 unspecified atom stereocenters. The van der Waals surface area contributed by atoms with Crippen molar-refractivity contribution in [3.63, 3.8) is 0 Å². The highest BCUT2D eigenvalue weighted by atomic mass is 15.3. The number of aromatic nitrogens is 1. The summed E-state index contributed by atoms with van der Waals surface area (Å²) in [7, 11) is 2.35. The Morgan fingerprint density at radius 3 is 1.86 bits per heavy atom. The molecule has 10 nitrogen and oxygen atoms in total. The summed E-state index contributed by atoms with van der Waals surface area (Å²) in [5.41, 5.74) is 44.7. The van der Waals surface area contributed by atoms with Crippen LogP contribution in [-0.4, -0.2) is 31.2 Å². The number of anilines is 2. The fourth-order valence-electron chi connectivity index (χ4n) is 4.55. The smallest absolute Gasteiger partial charge is 0.220 e. The molecule has 0 spiro atoms. The molecule has 1 aromatic heterocycles. The van der Waals surface area contributed by atoms with Gasteiger partial charge in [0.1, 0.15) is 0 Å². The molecule has 0 aliphatic carbocycles. The second-order valence-corrected chi connectivity index (χ2v) is 8.96. The van der Waals surface area contributed by atoms with E-state index < -0.39 is 0 Å². The van der Waals surface area contributed by atoms with E-state index in [1.54, 1.807) is 0 Å². The lowest BCUT2D eigenvalue weighted by Crippen LogP contribution is -2.46. The number of rotatable bonds is 7. The summed E-state index contributed by atoms with van der Waals surface area (Å²) in [6.45, 7) is 8.93. The van der Waals surface area contributed by atoms with E-state index >= 15 is 0 Å². The van der Waals surface area contributed by atoms with E-state index in [9.17, 15) is 0 Å². The highest BCUT2D eigenvalue weighted by molar-refractivity contribution is 6.10. The SMILES string of the molecule is CC[N+](C)(CC)CCC[n+]1c(-c2ccccc2)c2cc(N)ccc2c2ccc(N)cc21.[N-]=[N+]=[N-].[N-]=[N+]=[N-]. The van der Waals surface area contributed by atoms with Crippen molar-refractivity contribution in [2.24, 2.45) is 0 Å². The standard InChI is InChI=1S/C27H33N4.2N3/c1-4-31(3,5-2)17-9-16-30-26-19-22(29)13-15-24(26)23-14-12-21(28)18-25(23)27(30)20-10-7-6-8-11-20;2*1-3-2/h6-8,10-15,18-19,29H,4-5,9,16-17,28H2,1-3H3;;/q+1;2*-1/p+1. The molecule has 0 saturated heterocycles. The fourth-order valence-corrected chi connectivity index (χ4v) is 4.55. The molecule has 4 N–H and O–H groups in total. The molecule has 0 radical (unpaired) electrons. The van der Waals surface area contributed by atoms with Gasteiger partial charge in [-0.2, -0.15) is 4.57 Å². The predicted molar refractivity (Wildman–Crippen MR) is 153 cm³/mol. The summed E-state index contributed by atoms with van der Waals surface area (Å²) in [4.78, 5) is 3.00. The molecule has 192 valence electrons. The predicted octanol–water partition coefficient (Wildman–Crippen LogP) is 6.72. The Bertz CT molecular complexity index is 1390. The van der Waals surface area contributed by atoms with Crippen LogP contribution in [0, 0.1) is 0 Å². The third-order valence-corrected chi connectivity index (χ3v) is 6.83. The minimum absolute atomic E-state index is 0.784. The topological polar surface area (TPSA) is 173 Å². The Morgan fingerprint density at radius 1 is 0.757 bits per heavy atom. The van der Waals surface area contributed by atoms with Crippen molar-refractivity contribution >= 4 is 33.1 Å². The molecule has 0 bridgehead atoms. The molecule has 0 fully saturated rings. The monoisotopic (exact) mass is 498 g/mol. The van der Waals surface area contributed by atoms with Crippen molar-refractivity contribution in [1.82, 2.24) is 0 Å². The number of benzene rings is 3. The summed E-state index contributed by atoms with van der Waals surface area (Å²) >= 11 is 0. The second-order valence-electron chi connectivity index (χ2n) is 8.96. The summed E-state index contributed by atoms with van der Waals surface area (Å²) < 4.78 is 3.54. The highest BCUT2D eigenvalue weighted by Gasteiger charge is 2.25. The van der Waals surface area contributed by atoms with Gasteiger partial charge in [-0.1, -0.05) is 24.3 Å². The molecule has 37 heavy (non-hydrogen) atoms. The van der Waals surface area contributed by atoms with Gasteiger partial charge in [0.15, 0.2) is 6.54 Å². The Labute approximate surface area is 217 Å². The van der Waals surface area contributed by atoms with Gasteiger partial charge in [0.2, 0.25) is 11.2 Å². The number of nitrogen functional groups attached to an aromatic ring is 2. The van der Waals surface area contributed by atoms with Gasteiger partial charge in [0.05, 0.1) is 43.9 Å². The van der Waals surface area contributed by atoms with Crippen LogP contribution in [0.2, 0.25) is 0 Å². The van der Waals surface area contributed by atoms with E-state index in [1.807, 2.05) is 12.1 Å². The van der Waals surface area contributed by atoms with Gasteiger partial charge >= 0.3 is 0 Å². The maximum atomic E-state index is 6.75. The van der Waals surface area contributed by atoms with Gasteiger partial charge in [0, 0.05) is 28.4 Å². The summed E-state index contributed by atoms with van der Waals surface area (Å²) in [6, 6.07) is 23.1. The lowest BCUT2D eigenvalue weighted by molar-refractivity contribution is -0.908. The summed E-state index contributed by atoms with van der Waals surface area (Å²) in [5.74, 6) is 0. The first-order chi connectivity index (χ1) is 17.8. The van der Waals surface area contributed by atoms with Crippen LogP contribution in [0.5, 0.6) is 0 Å². The van der Waals surface area contributed by atoms with Crippen molar-refractivity contribution < 1.29 is 9.05 Å². The average molecular weight is 499 g/mol. The first-order valence-electron chi connectivity index (χ1n) is 12.1. The minimum atomic E-state index is 0.784.